The Hall–Kier alpha value is -6.21. The fourth-order valence-electron chi connectivity index (χ4n) is 9.73. The number of rotatable bonds is 10. The lowest BCUT2D eigenvalue weighted by Crippen LogP contribution is -2.41. The number of benzene rings is 8. The summed E-state index contributed by atoms with van der Waals surface area (Å²) in [6, 6.07) is 69.2. The maximum atomic E-state index is 6.21. The van der Waals surface area contributed by atoms with Gasteiger partial charge in [-0.1, -0.05) is 147 Å². The zero-order valence-corrected chi connectivity index (χ0v) is 52.5. The molecule has 3 fully saturated rings. The second kappa shape index (κ2) is 23.8. The van der Waals surface area contributed by atoms with E-state index in [2.05, 4.69) is 275 Å². The van der Waals surface area contributed by atoms with E-state index in [-0.39, 0.29) is 40.7 Å². The number of nitrogens with zero attached hydrogens (tertiary/aromatic N) is 2. The Morgan fingerprint density at radius 1 is 0.268 bits per heavy atom. The summed E-state index contributed by atoms with van der Waals surface area (Å²) in [6.45, 7) is 33.0. The van der Waals surface area contributed by atoms with Gasteiger partial charge in [-0.3, -0.25) is 0 Å². The highest BCUT2D eigenvalue weighted by Gasteiger charge is 2.63. The topological polar surface area (TPSA) is 61.9 Å². The van der Waals surface area contributed by atoms with Gasteiger partial charge >= 0.3 is 21.1 Å². The number of anilines is 6. The van der Waals surface area contributed by atoms with Crippen LogP contribution in [0.15, 0.2) is 199 Å². The first-order valence-corrected chi connectivity index (χ1v) is 29.4. The van der Waals surface area contributed by atoms with Gasteiger partial charge in [0.1, 0.15) is 0 Å². The van der Waals surface area contributed by atoms with Crippen molar-refractivity contribution in [1.82, 2.24) is 0 Å². The molecule has 3 aliphatic heterocycles. The molecule has 11 rings (SSSR count). The molecular weight excluding hydrogens is 1080 g/mol. The van der Waals surface area contributed by atoms with E-state index in [9.17, 15) is 0 Å². The van der Waals surface area contributed by atoms with E-state index in [0.29, 0.717) is 0 Å². The fraction of sp³-hybridized carbons (Fsp3) is 0.314. The first-order valence-electron chi connectivity index (χ1n) is 28.6. The Balaban J connectivity index is 0.000000157. The lowest BCUT2D eigenvalue weighted by Gasteiger charge is -2.32. The molecule has 8 aromatic carbocycles. The Labute approximate surface area is 499 Å². The van der Waals surface area contributed by atoms with Gasteiger partial charge in [0, 0.05) is 38.6 Å². The zero-order chi connectivity index (χ0) is 59.0. The number of halogens is 1. The molecule has 0 aromatic heterocycles. The molecule has 0 aliphatic carbocycles. The molecule has 422 valence electrons. The minimum absolute atomic E-state index is 0.340. The predicted molar refractivity (Wildman–Crippen MR) is 348 cm³/mol. The summed E-state index contributed by atoms with van der Waals surface area (Å²) in [6.07, 6.45) is 0. The molecule has 0 radical (unpaired) electrons. The summed E-state index contributed by atoms with van der Waals surface area (Å²) in [5, 5.41) is 0. The van der Waals surface area contributed by atoms with Crippen molar-refractivity contribution in [2.24, 2.45) is 0 Å². The first kappa shape index (κ1) is 60.4. The van der Waals surface area contributed by atoms with Crippen LogP contribution in [0.25, 0.3) is 22.3 Å². The summed E-state index contributed by atoms with van der Waals surface area (Å²) < 4.78 is 37.4. The lowest BCUT2D eigenvalue weighted by atomic mass is 9.49. The highest BCUT2D eigenvalue weighted by atomic mass is 79.9. The Bertz CT molecular complexity index is 3230. The van der Waals surface area contributed by atoms with Crippen molar-refractivity contribution < 1.29 is 27.9 Å². The van der Waals surface area contributed by atoms with Gasteiger partial charge in [0.2, 0.25) is 0 Å². The van der Waals surface area contributed by atoms with E-state index in [1.165, 1.54) is 44.5 Å². The molecule has 0 spiro atoms. The van der Waals surface area contributed by atoms with E-state index < -0.39 is 14.0 Å². The van der Waals surface area contributed by atoms with E-state index in [1.54, 1.807) is 0 Å². The number of hydrogen-bond donors (Lipinski definition) is 0. The van der Waals surface area contributed by atoms with Crippen LogP contribution in [0.1, 0.15) is 105 Å². The molecule has 0 unspecified atom stereocenters. The predicted octanol–water partition coefficient (Wildman–Crippen LogP) is 18.2. The minimum Gasteiger partial charge on any atom is -0.405 e. The van der Waals surface area contributed by atoms with Crippen LogP contribution in [-0.4, -0.2) is 54.7 Å². The molecule has 8 aromatic rings. The standard InChI is InChI=1S/C32H34BNO2.C26H22BrN.C12H24B2O4/c1-23-7-17-28(18-8-23)34(29-19-9-24(2)10-20-29)30-21-13-26(14-22-30)25-11-15-27(16-12-25)33-35-31(3,4)32(5,6)36-33;1-19-3-13-24(14-4-19)28(25-15-5-20(2)6-16-25)26-17-9-22(10-18-26)21-7-11-23(27)12-8-21;1-9(2)10(3,4)16-13(15-9)14-17-11(5,6)12(7,8)18-14/h7-22H,1-6H3;3-18H,1-2H3;1-8H3. The largest absolute Gasteiger partial charge is 0.494 e. The van der Waals surface area contributed by atoms with Gasteiger partial charge in [0.25, 0.3) is 0 Å². The van der Waals surface area contributed by atoms with Crippen molar-refractivity contribution >= 4 is 76.7 Å². The molecule has 0 amide bonds. The molecule has 0 N–H and O–H groups in total. The molecule has 0 bridgehead atoms. The first-order chi connectivity index (χ1) is 38.6. The van der Waals surface area contributed by atoms with E-state index in [1.807, 2.05) is 55.4 Å². The van der Waals surface area contributed by atoms with Crippen molar-refractivity contribution in [2.75, 3.05) is 9.80 Å². The summed E-state index contributed by atoms with van der Waals surface area (Å²) >= 11 is 3.50. The molecule has 0 atom stereocenters. The van der Waals surface area contributed by atoms with Crippen molar-refractivity contribution in [1.29, 1.82) is 0 Å². The molecule has 3 aliphatic rings. The van der Waals surface area contributed by atoms with Crippen LogP contribution in [-0.2, 0) is 27.9 Å². The van der Waals surface area contributed by atoms with E-state index in [4.69, 9.17) is 27.9 Å². The molecular formula is C70H80B3BrN2O6. The van der Waals surface area contributed by atoms with Crippen LogP contribution >= 0.6 is 15.9 Å². The summed E-state index contributed by atoms with van der Waals surface area (Å²) in [4.78, 5) is 4.59. The van der Waals surface area contributed by atoms with Crippen LogP contribution in [0.3, 0.4) is 0 Å². The minimum atomic E-state index is -0.476. The maximum absolute atomic E-state index is 6.21. The lowest BCUT2D eigenvalue weighted by molar-refractivity contribution is 0.00578. The Morgan fingerprint density at radius 2 is 0.463 bits per heavy atom. The average molecular weight is 1160 g/mol. The van der Waals surface area contributed by atoms with Gasteiger partial charge in [-0.2, -0.15) is 0 Å². The third kappa shape index (κ3) is 13.4. The van der Waals surface area contributed by atoms with Gasteiger partial charge in [0.15, 0.2) is 0 Å². The van der Waals surface area contributed by atoms with Crippen molar-refractivity contribution in [2.45, 2.75) is 144 Å². The van der Waals surface area contributed by atoms with Crippen LogP contribution in [0.2, 0.25) is 0 Å². The van der Waals surface area contributed by atoms with Crippen molar-refractivity contribution in [3.8, 4) is 22.3 Å². The number of hydrogen-bond acceptors (Lipinski definition) is 8. The molecule has 3 heterocycles. The molecule has 82 heavy (non-hydrogen) atoms. The van der Waals surface area contributed by atoms with Gasteiger partial charge in [-0.15, -0.1) is 0 Å². The highest BCUT2D eigenvalue weighted by molar-refractivity contribution is 9.10. The van der Waals surface area contributed by atoms with Gasteiger partial charge in [0.05, 0.1) is 33.6 Å². The zero-order valence-electron chi connectivity index (χ0n) is 50.9. The smallest absolute Gasteiger partial charge is 0.405 e. The van der Waals surface area contributed by atoms with E-state index in [0.717, 1.165) is 44.1 Å². The van der Waals surface area contributed by atoms with Crippen LogP contribution in [0.4, 0.5) is 34.1 Å². The van der Waals surface area contributed by atoms with E-state index >= 15 is 0 Å². The third-order valence-electron chi connectivity index (χ3n) is 17.1. The summed E-state index contributed by atoms with van der Waals surface area (Å²) in [5.41, 5.74) is 15.6. The summed E-state index contributed by atoms with van der Waals surface area (Å²) in [5.74, 6) is 0. The van der Waals surface area contributed by atoms with Crippen molar-refractivity contribution in [3.63, 3.8) is 0 Å². The Morgan fingerprint density at radius 3 is 0.707 bits per heavy atom. The second-order valence-electron chi connectivity index (χ2n) is 25.1. The molecule has 3 saturated heterocycles. The highest BCUT2D eigenvalue weighted by Crippen LogP contribution is 2.44. The van der Waals surface area contributed by atoms with Crippen LogP contribution in [0.5, 0.6) is 0 Å². The quantitative estimate of drug-likeness (QED) is 0.126. The normalized spacial score (nSPS) is 17.8. The van der Waals surface area contributed by atoms with Crippen LogP contribution in [0, 0.1) is 27.7 Å². The van der Waals surface area contributed by atoms with Gasteiger partial charge in [-0.25, -0.2) is 0 Å². The monoisotopic (exact) mass is 1160 g/mol. The molecule has 8 nitrogen and oxygen atoms in total. The van der Waals surface area contributed by atoms with Crippen molar-refractivity contribution in [3.05, 3.63) is 221 Å². The van der Waals surface area contributed by atoms with Gasteiger partial charge < -0.3 is 37.7 Å². The number of aryl methyl sites for hydroxylation is 4. The molecule has 0 saturated carbocycles. The second-order valence-corrected chi connectivity index (χ2v) is 26.0. The molecule has 12 heteroatoms. The maximum Gasteiger partial charge on any atom is 0.494 e. The van der Waals surface area contributed by atoms with Gasteiger partial charge in [-0.05, 0) is 223 Å². The Kier molecular flexibility index (Phi) is 17.5. The average Bonchev–Trinajstić information content (AvgIpc) is 4.15. The summed E-state index contributed by atoms with van der Waals surface area (Å²) in [7, 11) is -1.30. The van der Waals surface area contributed by atoms with Crippen LogP contribution < -0.4 is 15.3 Å². The third-order valence-corrected chi connectivity index (χ3v) is 17.7. The SMILES string of the molecule is CC1(C)OB(B2OC(C)(C)C(C)(C)O2)OC1(C)C.Cc1ccc(N(c2ccc(C)cc2)c2ccc(-c3ccc(B4OC(C)(C)C(C)(C)O4)cc3)cc2)cc1.Cc1ccc(N(c2ccc(C)cc2)c2ccc(-c3ccc(Br)cc3)cc2)cc1. The fourth-order valence-corrected chi connectivity index (χ4v) is 9.99.